The van der Waals surface area contributed by atoms with E-state index in [1.54, 1.807) is 33.2 Å². The average Bonchev–Trinajstić information content (AvgIpc) is 3.53. The molecule has 2 aromatic rings. The van der Waals surface area contributed by atoms with E-state index in [-0.39, 0.29) is 58.2 Å². The molecular weight excluding hydrogens is 595 g/mol. The van der Waals surface area contributed by atoms with Crippen molar-refractivity contribution in [1.29, 1.82) is 0 Å². The summed E-state index contributed by atoms with van der Waals surface area (Å²) in [5.41, 5.74) is 0.921. The fourth-order valence-electron chi connectivity index (χ4n) is 3.54. The first kappa shape index (κ1) is 32.0. The van der Waals surface area contributed by atoms with Crippen molar-refractivity contribution in [3.05, 3.63) is 27.9 Å². The van der Waals surface area contributed by atoms with Gasteiger partial charge in [-0.2, -0.15) is 0 Å². The minimum absolute atomic E-state index is 0. The number of tetrazole rings is 1. The van der Waals surface area contributed by atoms with Crippen molar-refractivity contribution in [3.63, 3.8) is 0 Å². The van der Waals surface area contributed by atoms with Gasteiger partial charge in [0.1, 0.15) is 22.7 Å². The quantitative estimate of drug-likeness (QED) is 0.0675. The molecule has 1 N–H and O–H groups in total. The Labute approximate surface area is 262 Å². The number of aromatic nitrogens is 5. The Bertz CT molecular complexity index is 1340. The number of carboxylic acid groups (broad SMARTS) is 1. The maximum atomic E-state index is 13.1. The number of carbonyl (C=O) groups excluding carboxylic acids is 4. The molecule has 0 saturated carbocycles. The van der Waals surface area contributed by atoms with Gasteiger partial charge in [0.2, 0.25) is 11.8 Å². The van der Waals surface area contributed by atoms with Gasteiger partial charge in [-0.05, 0) is 36.8 Å². The van der Waals surface area contributed by atoms with Gasteiger partial charge in [-0.25, -0.2) is 14.5 Å². The van der Waals surface area contributed by atoms with E-state index in [4.69, 9.17) is 9.57 Å². The van der Waals surface area contributed by atoms with Crippen LogP contribution < -0.4 is 40.0 Å². The predicted octanol–water partition coefficient (Wildman–Crippen LogP) is -4.07. The Morgan fingerprint density at radius 3 is 2.67 bits per heavy atom. The first-order chi connectivity index (χ1) is 18.5. The van der Waals surface area contributed by atoms with Crippen molar-refractivity contribution in [2.45, 2.75) is 42.9 Å². The van der Waals surface area contributed by atoms with Crippen LogP contribution in [0.2, 0.25) is 0 Å². The van der Waals surface area contributed by atoms with Crippen LogP contribution in [0.25, 0.3) is 0 Å². The van der Waals surface area contributed by atoms with Gasteiger partial charge in [0, 0.05) is 23.9 Å². The number of hydrogen-bond acceptors (Lipinski definition) is 15. The number of amides is 2. The maximum Gasteiger partial charge on any atom is 1.00 e. The molecule has 2 atom stereocenters. The van der Waals surface area contributed by atoms with Crippen molar-refractivity contribution in [1.82, 2.24) is 35.4 Å². The van der Waals surface area contributed by atoms with Crippen LogP contribution in [0.5, 0.6) is 0 Å². The van der Waals surface area contributed by atoms with Gasteiger partial charge in [0.25, 0.3) is 11.8 Å². The molecular formula is C21H23N8NaO7S3. The molecule has 0 aromatic carbocycles. The van der Waals surface area contributed by atoms with Crippen molar-refractivity contribution >= 4 is 64.3 Å². The standard InChI is InChI=1S/C21H24N8O7S3.Na/c1-21(2,3)36-12(30)5-35-25-13(11-8-37-9-22-11)16(31)23-14-17(32)29-15(19(33)34)10(6-38-18(14)29)7-39-20-24-26-27-28(20)4;/h8-9,14,18H,5-7H2,1-4H3,(H,23,31)(H,33,34);/q;+1/p-1/t14?,18-;/m0./s1. The number of ether oxygens (including phenoxy) is 1. The fourth-order valence-corrected chi connectivity index (χ4v) is 6.41. The van der Waals surface area contributed by atoms with E-state index in [1.807, 2.05) is 0 Å². The normalized spacial score (nSPS) is 18.9. The molecule has 1 unspecified atom stereocenters. The molecule has 4 rings (SSSR count). The molecule has 2 amide bonds. The molecule has 15 nitrogen and oxygen atoms in total. The number of rotatable bonds is 10. The first-order valence-corrected chi connectivity index (χ1v) is 14.3. The van der Waals surface area contributed by atoms with Crippen LogP contribution in [0, 0.1) is 0 Å². The molecule has 1 saturated heterocycles. The molecule has 40 heavy (non-hydrogen) atoms. The van der Waals surface area contributed by atoms with Gasteiger partial charge < -0.3 is 24.8 Å². The number of carboxylic acids is 1. The predicted molar refractivity (Wildman–Crippen MR) is 137 cm³/mol. The number of esters is 1. The summed E-state index contributed by atoms with van der Waals surface area (Å²) in [6, 6.07) is -1.02. The topological polar surface area (TPSA) is 194 Å². The van der Waals surface area contributed by atoms with Crippen LogP contribution in [0.15, 0.2) is 32.5 Å². The van der Waals surface area contributed by atoms with Gasteiger partial charge >= 0.3 is 35.5 Å². The van der Waals surface area contributed by atoms with E-state index in [2.05, 4.69) is 31.0 Å². The second-order valence-corrected chi connectivity index (χ2v) is 11.9. The molecule has 1 fully saturated rings. The van der Waals surface area contributed by atoms with Gasteiger partial charge in [-0.15, -0.1) is 28.2 Å². The van der Waals surface area contributed by atoms with E-state index in [1.165, 1.54) is 45.1 Å². The molecule has 19 heteroatoms. The van der Waals surface area contributed by atoms with Crippen molar-refractivity contribution in [3.8, 4) is 0 Å². The van der Waals surface area contributed by atoms with Gasteiger partial charge in [-0.3, -0.25) is 14.5 Å². The zero-order valence-electron chi connectivity index (χ0n) is 22.1. The zero-order valence-corrected chi connectivity index (χ0v) is 26.6. The summed E-state index contributed by atoms with van der Waals surface area (Å²) in [6.07, 6.45) is 0. The number of aryl methyl sites for hydroxylation is 1. The molecule has 0 spiro atoms. The summed E-state index contributed by atoms with van der Waals surface area (Å²) < 4.78 is 6.59. The van der Waals surface area contributed by atoms with E-state index < -0.39 is 47.4 Å². The molecule has 4 heterocycles. The molecule has 2 aliphatic heterocycles. The Balaban J connectivity index is 0.00000441. The summed E-state index contributed by atoms with van der Waals surface area (Å²) in [6.45, 7) is 4.55. The number of β-lactam (4-membered cyclic amide) rings is 1. The van der Waals surface area contributed by atoms with Crippen LogP contribution in [0.1, 0.15) is 26.5 Å². The van der Waals surface area contributed by atoms with Crippen molar-refractivity contribution in [2.75, 3.05) is 18.1 Å². The fraction of sp³-hybridized carbons (Fsp3) is 0.476. The zero-order chi connectivity index (χ0) is 28.3. The summed E-state index contributed by atoms with van der Waals surface area (Å²) in [7, 11) is 1.65. The van der Waals surface area contributed by atoms with Crippen LogP contribution in [0.4, 0.5) is 0 Å². The van der Waals surface area contributed by atoms with Gasteiger partial charge in [0.15, 0.2) is 5.71 Å². The molecule has 0 radical (unpaired) electrons. The number of hydrogen-bond donors (Lipinski definition) is 1. The third kappa shape index (κ3) is 7.41. The number of carbonyl (C=O) groups is 4. The third-order valence-corrected chi connectivity index (χ3v) is 8.16. The van der Waals surface area contributed by atoms with Crippen LogP contribution in [-0.2, 0) is 35.8 Å². The average molecular weight is 619 g/mol. The molecule has 2 aliphatic rings. The molecule has 2 aromatic heterocycles. The SMILES string of the molecule is Cn1nnnc1SCC1=C(C(=O)[O-])N2C(=O)C(NC(=O)C(=NOCC(=O)OC(C)(C)C)c3cscn3)[C@@H]2SC1.[Na+]. The van der Waals surface area contributed by atoms with E-state index >= 15 is 0 Å². The number of fused-ring (bicyclic) bond motifs is 1. The van der Waals surface area contributed by atoms with E-state index in [0.29, 0.717) is 10.7 Å². The van der Waals surface area contributed by atoms with Crippen molar-refractivity contribution in [2.24, 2.45) is 12.2 Å². The van der Waals surface area contributed by atoms with Gasteiger partial charge in [-0.1, -0.05) is 16.9 Å². The Hall–Kier alpha value is -2.51. The van der Waals surface area contributed by atoms with Crippen molar-refractivity contribution < 1.29 is 63.4 Å². The largest absolute Gasteiger partial charge is 1.00 e. The Kier molecular flexibility index (Phi) is 10.8. The number of oxime groups is 1. The number of nitrogens with one attached hydrogen (secondary N) is 1. The summed E-state index contributed by atoms with van der Waals surface area (Å²) in [5, 5.41) is 30.8. The second kappa shape index (κ2) is 13.4. The minimum Gasteiger partial charge on any atom is -0.543 e. The van der Waals surface area contributed by atoms with E-state index in [9.17, 15) is 24.3 Å². The van der Waals surface area contributed by atoms with Gasteiger partial charge in [0.05, 0.1) is 17.2 Å². The maximum absolute atomic E-state index is 13.1. The van der Waals surface area contributed by atoms with Crippen LogP contribution >= 0.6 is 34.9 Å². The molecule has 0 aliphatic carbocycles. The smallest absolute Gasteiger partial charge is 0.543 e. The minimum atomic E-state index is -1.50. The number of nitrogens with zero attached hydrogens (tertiary/aromatic N) is 7. The number of thiazole rings is 1. The van der Waals surface area contributed by atoms with Crippen LogP contribution in [-0.4, -0.2) is 94.7 Å². The summed E-state index contributed by atoms with van der Waals surface area (Å²) in [5.74, 6) is -3.06. The Morgan fingerprint density at radius 2 is 2.08 bits per heavy atom. The summed E-state index contributed by atoms with van der Waals surface area (Å²) in [4.78, 5) is 60.2. The Morgan fingerprint density at radius 1 is 1.32 bits per heavy atom. The second-order valence-electron chi connectivity index (χ2n) is 9.15. The monoisotopic (exact) mass is 618 g/mol. The number of thioether (sulfide) groups is 2. The molecule has 208 valence electrons. The first-order valence-electron chi connectivity index (χ1n) is 11.3. The number of aliphatic carboxylic acids is 1. The summed E-state index contributed by atoms with van der Waals surface area (Å²) >= 11 is 3.73. The van der Waals surface area contributed by atoms with E-state index in [0.717, 1.165) is 4.90 Å². The third-order valence-electron chi connectivity index (χ3n) is 5.13. The molecule has 0 bridgehead atoms. The van der Waals surface area contributed by atoms with Crippen LogP contribution in [0.3, 0.4) is 0 Å².